The Morgan fingerprint density at radius 1 is 1.17 bits per heavy atom. The van der Waals surface area contributed by atoms with Gasteiger partial charge in [0.1, 0.15) is 5.82 Å². The molecule has 0 fully saturated rings. The summed E-state index contributed by atoms with van der Waals surface area (Å²) in [6.07, 6.45) is 8.66. The van der Waals surface area contributed by atoms with Crippen LogP contribution in [-0.2, 0) is 0 Å². The summed E-state index contributed by atoms with van der Waals surface area (Å²) in [5.41, 5.74) is 3.49. The Balaban J connectivity index is 1.61. The van der Waals surface area contributed by atoms with Gasteiger partial charge in [0.2, 0.25) is 5.95 Å². The number of aryl methyl sites for hydroxylation is 1. The lowest BCUT2D eigenvalue weighted by molar-refractivity contribution is 0.679. The maximum Gasteiger partial charge on any atom is 0.229 e. The highest BCUT2D eigenvalue weighted by atomic mass is 79.9. The highest BCUT2D eigenvalue weighted by Gasteiger charge is 2.05. The van der Waals surface area contributed by atoms with Crippen LogP contribution in [0.5, 0.6) is 0 Å². The summed E-state index contributed by atoms with van der Waals surface area (Å²) in [6.45, 7) is 2.90. The number of hydrogen-bond donors (Lipinski definition) is 2. The van der Waals surface area contributed by atoms with E-state index in [0.29, 0.717) is 5.95 Å². The molecule has 1 aliphatic rings. The SMILES string of the molecule is Cc1cc(NCCC2=CCCCC2)nc(Nc2cccc(Br)c2)n1. The second-order valence-electron chi connectivity index (χ2n) is 6.14. The van der Waals surface area contributed by atoms with Gasteiger partial charge in [-0.25, -0.2) is 4.98 Å². The number of halogens is 1. The first kappa shape index (κ1) is 17.0. The molecule has 0 saturated heterocycles. The van der Waals surface area contributed by atoms with Crippen molar-refractivity contribution < 1.29 is 0 Å². The molecular formula is C19H23BrN4. The molecule has 126 valence electrons. The third-order valence-corrected chi connectivity index (χ3v) is 4.57. The van der Waals surface area contributed by atoms with Gasteiger partial charge in [-0.2, -0.15) is 4.98 Å². The molecule has 0 saturated carbocycles. The van der Waals surface area contributed by atoms with Gasteiger partial charge in [-0.05, 0) is 57.2 Å². The number of benzene rings is 1. The highest BCUT2D eigenvalue weighted by molar-refractivity contribution is 9.10. The number of nitrogens with zero attached hydrogens (tertiary/aromatic N) is 2. The molecule has 4 nitrogen and oxygen atoms in total. The van der Waals surface area contributed by atoms with Gasteiger partial charge in [0.15, 0.2) is 0 Å². The zero-order valence-electron chi connectivity index (χ0n) is 14.0. The Labute approximate surface area is 151 Å². The molecule has 0 amide bonds. The molecular weight excluding hydrogens is 364 g/mol. The summed E-state index contributed by atoms with van der Waals surface area (Å²) in [5.74, 6) is 1.49. The summed E-state index contributed by atoms with van der Waals surface area (Å²) in [6, 6.07) is 9.98. The van der Waals surface area contributed by atoms with Crippen LogP contribution in [0, 0.1) is 6.92 Å². The Hall–Kier alpha value is -1.88. The van der Waals surface area contributed by atoms with Crippen LogP contribution in [0.1, 0.15) is 37.8 Å². The van der Waals surface area contributed by atoms with Crippen molar-refractivity contribution in [2.75, 3.05) is 17.2 Å². The Bertz CT molecular complexity index is 727. The predicted molar refractivity (Wildman–Crippen MR) is 104 cm³/mol. The minimum absolute atomic E-state index is 0.618. The van der Waals surface area contributed by atoms with Crippen LogP contribution in [0.4, 0.5) is 17.5 Å². The molecule has 1 aromatic carbocycles. The molecule has 0 spiro atoms. The molecule has 0 bridgehead atoms. The lowest BCUT2D eigenvalue weighted by atomic mass is 9.97. The van der Waals surface area contributed by atoms with Crippen molar-refractivity contribution in [2.24, 2.45) is 0 Å². The Morgan fingerprint density at radius 3 is 2.88 bits per heavy atom. The zero-order valence-corrected chi connectivity index (χ0v) is 15.6. The van der Waals surface area contributed by atoms with E-state index in [1.807, 2.05) is 37.3 Å². The maximum atomic E-state index is 4.57. The normalized spacial score (nSPS) is 14.2. The van der Waals surface area contributed by atoms with Gasteiger partial charge in [-0.1, -0.05) is 33.6 Å². The van der Waals surface area contributed by atoms with Crippen LogP contribution in [0.2, 0.25) is 0 Å². The van der Waals surface area contributed by atoms with Gasteiger partial charge in [0, 0.05) is 28.5 Å². The average Bonchev–Trinajstić information content (AvgIpc) is 2.55. The fourth-order valence-corrected chi connectivity index (χ4v) is 3.29. The lowest BCUT2D eigenvalue weighted by Gasteiger charge is -2.14. The molecule has 0 unspecified atom stereocenters. The number of nitrogens with one attached hydrogen (secondary N) is 2. The number of aromatic nitrogens is 2. The summed E-state index contributed by atoms with van der Waals surface area (Å²) >= 11 is 3.48. The first-order chi connectivity index (χ1) is 11.7. The minimum atomic E-state index is 0.618. The summed E-state index contributed by atoms with van der Waals surface area (Å²) in [5, 5.41) is 6.69. The van der Waals surface area contributed by atoms with Crippen LogP contribution in [-0.4, -0.2) is 16.5 Å². The van der Waals surface area contributed by atoms with E-state index in [9.17, 15) is 0 Å². The van der Waals surface area contributed by atoms with E-state index in [4.69, 9.17) is 0 Å². The number of rotatable bonds is 6. The van der Waals surface area contributed by atoms with E-state index < -0.39 is 0 Å². The smallest absolute Gasteiger partial charge is 0.229 e. The summed E-state index contributed by atoms with van der Waals surface area (Å²) in [4.78, 5) is 9.04. The van der Waals surface area contributed by atoms with Crippen molar-refractivity contribution in [3.05, 3.63) is 52.1 Å². The topological polar surface area (TPSA) is 49.8 Å². The largest absolute Gasteiger partial charge is 0.370 e. The van der Waals surface area contributed by atoms with Gasteiger partial charge in [-0.3, -0.25) is 0 Å². The second-order valence-corrected chi connectivity index (χ2v) is 7.05. The monoisotopic (exact) mass is 386 g/mol. The van der Waals surface area contributed by atoms with Crippen LogP contribution in [0.25, 0.3) is 0 Å². The van der Waals surface area contributed by atoms with Crippen molar-refractivity contribution in [1.29, 1.82) is 0 Å². The third kappa shape index (κ3) is 5.06. The van der Waals surface area contributed by atoms with Gasteiger partial charge in [0.25, 0.3) is 0 Å². The molecule has 2 aromatic rings. The van der Waals surface area contributed by atoms with Gasteiger partial charge >= 0.3 is 0 Å². The average molecular weight is 387 g/mol. The van der Waals surface area contributed by atoms with E-state index >= 15 is 0 Å². The molecule has 3 rings (SSSR count). The molecule has 1 heterocycles. The fraction of sp³-hybridized carbons (Fsp3) is 0.368. The standard InChI is InChI=1S/C19H23BrN4/c1-14-12-18(21-11-10-15-6-3-2-4-7-15)24-19(22-14)23-17-9-5-8-16(20)13-17/h5-6,8-9,12-13H,2-4,7,10-11H2,1H3,(H2,21,22,23,24). The minimum Gasteiger partial charge on any atom is -0.370 e. The molecule has 1 aromatic heterocycles. The fourth-order valence-electron chi connectivity index (χ4n) is 2.89. The molecule has 0 atom stereocenters. The predicted octanol–water partition coefficient (Wildman–Crippen LogP) is 5.59. The zero-order chi connectivity index (χ0) is 16.8. The van der Waals surface area contributed by atoms with Crippen molar-refractivity contribution in [1.82, 2.24) is 9.97 Å². The van der Waals surface area contributed by atoms with Crippen molar-refractivity contribution in [3.63, 3.8) is 0 Å². The van der Waals surface area contributed by atoms with Crippen molar-refractivity contribution in [2.45, 2.75) is 39.0 Å². The van der Waals surface area contributed by atoms with E-state index in [2.05, 4.69) is 42.6 Å². The van der Waals surface area contributed by atoms with E-state index in [1.54, 1.807) is 5.57 Å². The van der Waals surface area contributed by atoms with Crippen LogP contribution >= 0.6 is 15.9 Å². The van der Waals surface area contributed by atoms with E-state index in [-0.39, 0.29) is 0 Å². The van der Waals surface area contributed by atoms with E-state index in [0.717, 1.165) is 34.6 Å². The first-order valence-electron chi connectivity index (χ1n) is 8.49. The maximum absolute atomic E-state index is 4.57. The third-order valence-electron chi connectivity index (χ3n) is 4.07. The Morgan fingerprint density at radius 2 is 2.08 bits per heavy atom. The quantitative estimate of drug-likeness (QED) is 0.634. The number of hydrogen-bond acceptors (Lipinski definition) is 4. The van der Waals surface area contributed by atoms with Crippen molar-refractivity contribution >= 4 is 33.4 Å². The molecule has 1 aliphatic carbocycles. The molecule has 0 radical (unpaired) electrons. The highest BCUT2D eigenvalue weighted by Crippen LogP contribution is 2.21. The van der Waals surface area contributed by atoms with Crippen LogP contribution in [0.15, 0.2) is 46.5 Å². The second kappa shape index (κ2) is 8.29. The lowest BCUT2D eigenvalue weighted by Crippen LogP contribution is -2.08. The molecule has 24 heavy (non-hydrogen) atoms. The summed E-state index contributed by atoms with van der Waals surface area (Å²) in [7, 11) is 0. The van der Waals surface area contributed by atoms with Crippen LogP contribution in [0.3, 0.4) is 0 Å². The molecule has 2 N–H and O–H groups in total. The van der Waals surface area contributed by atoms with Crippen molar-refractivity contribution in [3.8, 4) is 0 Å². The molecule has 5 heteroatoms. The van der Waals surface area contributed by atoms with Crippen LogP contribution < -0.4 is 10.6 Å². The number of anilines is 3. The van der Waals surface area contributed by atoms with E-state index in [1.165, 1.54) is 25.7 Å². The van der Waals surface area contributed by atoms with Gasteiger partial charge in [0.05, 0.1) is 0 Å². The molecule has 0 aliphatic heterocycles. The van der Waals surface area contributed by atoms with Gasteiger partial charge in [-0.15, -0.1) is 0 Å². The Kier molecular flexibility index (Phi) is 5.86. The van der Waals surface area contributed by atoms with Gasteiger partial charge < -0.3 is 10.6 Å². The number of allylic oxidation sites excluding steroid dienone is 1. The first-order valence-corrected chi connectivity index (χ1v) is 9.28. The summed E-state index contributed by atoms with van der Waals surface area (Å²) < 4.78 is 1.03.